The van der Waals surface area contributed by atoms with Crippen LogP contribution in [-0.4, -0.2) is 50.3 Å². The molecule has 3 heterocycles. The van der Waals surface area contributed by atoms with E-state index in [1.165, 1.54) is 32.6 Å². The van der Waals surface area contributed by atoms with E-state index in [0.29, 0.717) is 5.41 Å². The summed E-state index contributed by atoms with van der Waals surface area (Å²) in [4.78, 5) is 2.61. The smallest absolute Gasteiger partial charge is 0.0569 e. The van der Waals surface area contributed by atoms with Crippen LogP contribution in [0.4, 0.5) is 0 Å². The lowest BCUT2D eigenvalue weighted by Gasteiger charge is -2.57. The molecule has 3 aliphatic rings. The van der Waals surface area contributed by atoms with Gasteiger partial charge in [-0.2, -0.15) is 0 Å². The summed E-state index contributed by atoms with van der Waals surface area (Å²) in [5, 5.41) is 3.41. The van der Waals surface area contributed by atoms with E-state index in [9.17, 15) is 0 Å². The van der Waals surface area contributed by atoms with Crippen molar-refractivity contribution in [3.8, 4) is 0 Å². The van der Waals surface area contributed by atoms with E-state index >= 15 is 0 Å². The summed E-state index contributed by atoms with van der Waals surface area (Å²) in [6, 6.07) is 0.830. The molecule has 0 aliphatic carbocycles. The molecule has 0 bridgehead atoms. The minimum atomic E-state index is 0. The van der Waals surface area contributed by atoms with Crippen LogP contribution >= 0.6 is 24.8 Å². The van der Waals surface area contributed by atoms with E-state index in [4.69, 9.17) is 4.74 Å². The Morgan fingerprint density at radius 3 is 2.36 bits per heavy atom. The average Bonchev–Trinajstić information content (AvgIpc) is 2.32. The maximum absolute atomic E-state index is 5.25. The minimum absolute atomic E-state index is 0. The molecular formula is C9H18Cl2N2O. The van der Waals surface area contributed by atoms with E-state index in [2.05, 4.69) is 10.2 Å². The third-order valence-electron chi connectivity index (χ3n) is 3.44. The second-order valence-corrected chi connectivity index (χ2v) is 4.54. The highest BCUT2D eigenvalue weighted by molar-refractivity contribution is 5.85. The summed E-state index contributed by atoms with van der Waals surface area (Å²) in [7, 11) is 0. The van der Waals surface area contributed by atoms with Gasteiger partial charge in [0.25, 0.3) is 0 Å². The number of hydrogen-bond donors (Lipinski definition) is 1. The van der Waals surface area contributed by atoms with Crippen LogP contribution in [0.15, 0.2) is 0 Å². The highest BCUT2D eigenvalue weighted by Crippen LogP contribution is 2.39. The molecule has 0 saturated carbocycles. The number of nitrogens with zero attached hydrogens (tertiary/aromatic N) is 1. The fourth-order valence-corrected chi connectivity index (χ4v) is 2.60. The molecule has 14 heavy (non-hydrogen) atoms. The van der Waals surface area contributed by atoms with Gasteiger partial charge in [0.05, 0.1) is 13.2 Å². The molecule has 0 aromatic rings. The van der Waals surface area contributed by atoms with Gasteiger partial charge in [-0.1, -0.05) is 0 Å². The molecule has 3 saturated heterocycles. The molecule has 1 spiro atoms. The first-order valence-corrected chi connectivity index (χ1v) is 4.91. The van der Waals surface area contributed by atoms with Gasteiger partial charge in [0.2, 0.25) is 0 Å². The summed E-state index contributed by atoms with van der Waals surface area (Å²) in [5.74, 6) is 0. The molecule has 84 valence electrons. The number of nitrogens with one attached hydrogen (secondary N) is 1. The Hall–Kier alpha value is 0.460. The molecule has 3 fully saturated rings. The molecule has 3 aliphatic heterocycles. The fraction of sp³-hybridized carbons (Fsp3) is 1.00. The zero-order chi connectivity index (χ0) is 8.02. The van der Waals surface area contributed by atoms with Gasteiger partial charge < -0.3 is 10.1 Å². The van der Waals surface area contributed by atoms with Crippen molar-refractivity contribution in [2.45, 2.75) is 12.5 Å². The first-order chi connectivity index (χ1) is 5.88. The number of ether oxygens (including phenoxy) is 1. The van der Waals surface area contributed by atoms with E-state index in [-0.39, 0.29) is 24.8 Å². The Balaban J connectivity index is 0.000000490. The molecule has 0 unspecified atom stereocenters. The molecular weight excluding hydrogens is 223 g/mol. The van der Waals surface area contributed by atoms with E-state index < -0.39 is 0 Å². The molecule has 5 heteroatoms. The maximum atomic E-state index is 5.25. The summed E-state index contributed by atoms with van der Waals surface area (Å²) < 4.78 is 5.25. The maximum Gasteiger partial charge on any atom is 0.0569 e. The highest BCUT2D eigenvalue weighted by atomic mass is 35.5. The summed E-state index contributed by atoms with van der Waals surface area (Å²) >= 11 is 0. The van der Waals surface area contributed by atoms with Crippen LogP contribution in [0.1, 0.15) is 6.42 Å². The normalized spacial score (nSPS) is 33.9. The van der Waals surface area contributed by atoms with Crippen molar-refractivity contribution < 1.29 is 4.74 Å². The second-order valence-electron chi connectivity index (χ2n) is 4.54. The van der Waals surface area contributed by atoms with Crippen molar-refractivity contribution in [1.29, 1.82) is 0 Å². The average molecular weight is 241 g/mol. The van der Waals surface area contributed by atoms with Crippen LogP contribution in [-0.2, 0) is 4.74 Å². The van der Waals surface area contributed by atoms with Gasteiger partial charge in [-0.05, 0) is 13.0 Å². The molecule has 0 amide bonds. The SMILES string of the molecule is C1C[C@H](N2CC3(COC3)C2)CN1.Cl.Cl. The Morgan fingerprint density at radius 2 is 1.93 bits per heavy atom. The van der Waals surface area contributed by atoms with Crippen LogP contribution in [0, 0.1) is 5.41 Å². The summed E-state index contributed by atoms with van der Waals surface area (Å²) in [6.07, 6.45) is 1.34. The number of rotatable bonds is 1. The summed E-state index contributed by atoms with van der Waals surface area (Å²) in [6.45, 7) is 7.04. The van der Waals surface area contributed by atoms with Crippen molar-refractivity contribution in [3.63, 3.8) is 0 Å². The van der Waals surface area contributed by atoms with Crippen LogP contribution < -0.4 is 5.32 Å². The first kappa shape index (κ1) is 12.5. The van der Waals surface area contributed by atoms with E-state index in [0.717, 1.165) is 19.3 Å². The quantitative estimate of drug-likeness (QED) is 0.724. The van der Waals surface area contributed by atoms with Gasteiger partial charge >= 0.3 is 0 Å². The van der Waals surface area contributed by atoms with Gasteiger partial charge in [-0.25, -0.2) is 0 Å². The summed E-state index contributed by atoms with van der Waals surface area (Å²) in [5.41, 5.74) is 0.600. The van der Waals surface area contributed by atoms with Gasteiger partial charge in [-0.3, -0.25) is 4.90 Å². The van der Waals surface area contributed by atoms with Crippen molar-refractivity contribution in [3.05, 3.63) is 0 Å². The third-order valence-corrected chi connectivity index (χ3v) is 3.44. The van der Waals surface area contributed by atoms with E-state index in [1.807, 2.05) is 0 Å². The highest BCUT2D eigenvalue weighted by Gasteiger charge is 2.50. The van der Waals surface area contributed by atoms with E-state index in [1.54, 1.807) is 0 Å². The Kier molecular flexibility index (Phi) is 4.06. The lowest BCUT2D eigenvalue weighted by molar-refractivity contribution is -0.196. The first-order valence-electron chi connectivity index (χ1n) is 4.91. The Labute approximate surface area is 97.4 Å². The predicted molar refractivity (Wildman–Crippen MR) is 60.6 cm³/mol. The minimum Gasteiger partial charge on any atom is -0.380 e. The lowest BCUT2D eigenvalue weighted by atomic mass is 9.77. The Bertz CT molecular complexity index is 185. The van der Waals surface area contributed by atoms with Crippen LogP contribution in [0.2, 0.25) is 0 Å². The van der Waals surface area contributed by atoms with Crippen molar-refractivity contribution in [2.75, 3.05) is 39.4 Å². The molecule has 3 rings (SSSR count). The number of likely N-dealkylation sites (tertiary alicyclic amines) is 1. The lowest BCUT2D eigenvalue weighted by Crippen LogP contribution is -2.68. The van der Waals surface area contributed by atoms with Crippen molar-refractivity contribution in [2.24, 2.45) is 5.41 Å². The third kappa shape index (κ3) is 1.89. The molecule has 0 aromatic heterocycles. The van der Waals surface area contributed by atoms with Gasteiger partial charge in [0.1, 0.15) is 0 Å². The standard InChI is InChI=1S/C9H16N2O.2ClH/c1-2-10-3-8(1)11-4-9(5-11)6-12-7-9;;/h8,10H,1-7H2;2*1H/t8-;;/m0../s1. The van der Waals surface area contributed by atoms with Crippen LogP contribution in [0.25, 0.3) is 0 Å². The molecule has 3 nitrogen and oxygen atoms in total. The second kappa shape index (κ2) is 4.54. The zero-order valence-electron chi connectivity index (χ0n) is 8.20. The fourth-order valence-electron chi connectivity index (χ4n) is 2.60. The largest absolute Gasteiger partial charge is 0.380 e. The van der Waals surface area contributed by atoms with Crippen LogP contribution in [0.5, 0.6) is 0 Å². The van der Waals surface area contributed by atoms with Gasteiger partial charge in [0, 0.05) is 31.1 Å². The molecule has 0 radical (unpaired) electrons. The monoisotopic (exact) mass is 240 g/mol. The van der Waals surface area contributed by atoms with Crippen molar-refractivity contribution >= 4 is 24.8 Å². The zero-order valence-corrected chi connectivity index (χ0v) is 9.83. The number of hydrogen-bond acceptors (Lipinski definition) is 3. The molecule has 0 aromatic carbocycles. The van der Waals surface area contributed by atoms with Gasteiger partial charge in [-0.15, -0.1) is 24.8 Å². The molecule has 1 atom stereocenters. The Morgan fingerprint density at radius 1 is 1.21 bits per heavy atom. The van der Waals surface area contributed by atoms with Gasteiger partial charge in [0.15, 0.2) is 0 Å². The van der Waals surface area contributed by atoms with Crippen molar-refractivity contribution in [1.82, 2.24) is 10.2 Å². The number of halogens is 2. The topological polar surface area (TPSA) is 24.5 Å². The predicted octanol–water partition coefficient (Wildman–Crippen LogP) is 0.524. The van der Waals surface area contributed by atoms with Crippen LogP contribution in [0.3, 0.4) is 0 Å². The molecule has 1 N–H and O–H groups in total.